The Morgan fingerprint density at radius 3 is 2.97 bits per heavy atom. The molecule has 0 bridgehead atoms. The second kappa shape index (κ2) is 7.44. The van der Waals surface area contributed by atoms with Gasteiger partial charge in [-0.15, -0.1) is 9.24 Å². The molecule has 0 radical (unpaired) electrons. The van der Waals surface area contributed by atoms with Crippen LogP contribution in [0.25, 0.3) is 5.52 Å². The molecule has 1 saturated carbocycles. The Morgan fingerprint density at radius 1 is 1.42 bits per heavy atom. The predicted molar refractivity (Wildman–Crippen MR) is 126 cm³/mol. The zero-order chi connectivity index (χ0) is 22.9. The van der Waals surface area contributed by atoms with Gasteiger partial charge in [0.2, 0.25) is 11.7 Å². The van der Waals surface area contributed by atoms with Crippen molar-refractivity contribution in [2.45, 2.75) is 43.6 Å². The highest BCUT2D eigenvalue weighted by atomic mass is 31.0. The summed E-state index contributed by atoms with van der Waals surface area (Å²) in [6.07, 6.45) is 5.93. The fraction of sp³-hybridized carbons (Fsp3) is 0.364. The number of hydrogen-bond donors (Lipinski definition) is 1. The molecule has 6 rings (SSSR count). The summed E-state index contributed by atoms with van der Waals surface area (Å²) < 4.78 is 22.2. The van der Waals surface area contributed by atoms with Crippen molar-refractivity contribution in [3.05, 3.63) is 65.1 Å². The molecular weight excluding hydrogens is 461 g/mol. The first-order valence-electron chi connectivity index (χ1n) is 10.8. The summed E-state index contributed by atoms with van der Waals surface area (Å²) in [5.74, 6) is -1.51. The number of amides is 1. The first kappa shape index (κ1) is 20.9. The van der Waals surface area contributed by atoms with Crippen molar-refractivity contribution in [1.29, 1.82) is 0 Å². The third-order valence-electron chi connectivity index (χ3n) is 6.64. The minimum atomic E-state index is -1.50. The monoisotopic (exact) mass is 484 g/mol. The summed E-state index contributed by atoms with van der Waals surface area (Å²) in [6, 6.07) is 5.33. The number of halogens is 1. The number of pyridine rings is 1. The van der Waals surface area contributed by atoms with Crippen molar-refractivity contribution in [2.75, 3.05) is 6.54 Å². The number of oxazole rings is 1. The molecular formula is C22H23FN6O2P2. The predicted octanol–water partition coefficient (Wildman–Crippen LogP) is 3.23. The van der Waals surface area contributed by atoms with Gasteiger partial charge in [0.1, 0.15) is 11.7 Å². The summed E-state index contributed by atoms with van der Waals surface area (Å²) >= 11 is 0. The average Bonchev–Trinajstić information content (AvgIpc) is 3.24. The number of carbonyl (C=O) groups is 1. The maximum atomic E-state index is 14.5. The molecule has 33 heavy (non-hydrogen) atoms. The SMILES string of the molecule is CC1(c2nc(C(F)P)c(C(=O)N3CCc4[nH]cnc4[C@H]3c3cc4c(P)cccn4n3)o2)CC1. The standard InChI is InChI=1S/C22H23FN6O2P2/c1-22(5-6-22)21-26-16(19(23)33)18(31-21)20(30)28-8-4-11-15(25-10-24-11)17(28)12-9-13-14(32)3-2-7-29(13)27-12/h2-3,7,9-10,17,19H,4-6,8,32-33H2,1H3,(H,24,25)/t17-,19?/m1/s1. The van der Waals surface area contributed by atoms with E-state index >= 15 is 0 Å². The van der Waals surface area contributed by atoms with Gasteiger partial charge in [-0.05, 0) is 30.3 Å². The maximum absolute atomic E-state index is 14.5. The smallest absolute Gasteiger partial charge is 0.292 e. The first-order chi connectivity index (χ1) is 15.9. The number of imidazole rings is 1. The summed E-state index contributed by atoms with van der Waals surface area (Å²) in [6.45, 7) is 2.43. The molecule has 0 saturated heterocycles. The number of alkyl halides is 1. The summed E-state index contributed by atoms with van der Waals surface area (Å²) in [4.78, 5) is 27.6. The van der Waals surface area contributed by atoms with Gasteiger partial charge in [-0.1, -0.05) is 22.2 Å². The Hall–Kier alpha value is -2.63. The highest BCUT2D eigenvalue weighted by Gasteiger charge is 2.46. The molecule has 5 heterocycles. The van der Waals surface area contributed by atoms with Gasteiger partial charge in [0.25, 0.3) is 5.91 Å². The highest BCUT2D eigenvalue weighted by Crippen LogP contribution is 2.48. The minimum Gasteiger partial charge on any atom is -0.434 e. The molecule has 1 aliphatic heterocycles. The lowest BCUT2D eigenvalue weighted by Crippen LogP contribution is -2.41. The second-order valence-corrected chi connectivity index (χ2v) is 10.2. The third-order valence-corrected chi connectivity index (χ3v) is 7.45. The van der Waals surface area contributed by atoms with Gasteiger partial charge in [-0.3, -0.25) is 4.79 Å². The van der Waals surface area contributed by atoms with Crippen molar-refractivity contribution in [1.82, 2.24) is 29.5 Å². The quantitative estimate of drug-likeness (QED) is 0.449. The van der Waals surface area contributed by atoms with E-state index < -0.39 is 17.9 Å². The largest absolute Gasteiger partial charge is 0.434 e. The molecule has 4 aromatic heterocycles. The number of nitrogens with one attached hydrogen (secondary N) is 1. The van der Waals surface area contributed by atoms with Crippen molar-refractivity contribution < 1.29 is 13.6 Å². The van der Waals surface area contributed by atoms with E-state index in [4.69, 9.17) is 9.52 Å². The van der Waals surface area contributed by atoms with Crippen LogP contribution in [0.3, 0.4) is 0 Å². The van der Waals surface area contributed by atoms with Crippen LogP contribution in [0.5, 0.6) is 0 Å². The van der Waals surface area contributed by atoms with E-state index in [9.17, 15) is 9.18 Å². The van der Waals surface area contributed by atoms with Crippen LogP contribution in [0.4, 0.5) is 4.39 Å². The Labute approximate surface area is 193 Å². The summed E-state index contributed by atoms with van der Waals surface area (Å²) in [5.41, 5.74) is 3.12. The molecule has 11 heteroatoms. The van der Waals surface area contributed by atoms with E-state index in [1.165, 1.54) is 0 Å². The van der Waals surface area contributed by atoms with Crippen LogP contribution in [-0.2, 0) is 11.8 Å². The van der Waals surface area contributed by atoms with Crippen molar-refractivity contribution in [3.8, 4) is 0 Å². The van der Waals surface area contributed by atoms with Gasteiger partial charge in [-0.25, -0.2) is 18.9 Å². The molecule has 1 amide bonds. The lowest BCUT2D eigenvalue weighted by atomic mass is 9.99. The summed E-state index contributed by atoms with van der Waals surface area (Å²) in [5, 5.41) is 5.74. The summed E-state index contributed by atoms with van der Waals surface area (Å²) in [7, 11) is 4.78. The van der Waals surface area contributed by atoms with Crippen LogP contribution >= 0.6 is 18.5 Å². The molecule has 3 unspecified atom stereocenters. The number of aromatic amines is 1. The molecule has 1 fully saturated rings. The molecule has 4 atom stereocenters. The number of H-pyrrole nitrogens is 1. The Morgan fingerprint density at radius 2 is 2.24 bits per heavy atom. The lowest BCUT2D eigenvalue weighted by Gasteiger charge is -2.33. The van der Waals surface area contributed by atoms with Gasteiger partial charge in [0.05, 0.1) is 23.2 Å². The van der Waals surface area contributed by atoms with E-state index in [1.807, 2.05) is 31.3 Å². The average molecular weight is 484 g/mol. The van der Waals surface area contributed by atoms with E-state index in [1.54, 1.807) is 15.7 Å². The molecule has 8 nitrogen and oxygen atoms in total. The fourth-order valence-corrected chi connectivity index (χ4v) is 5.00. The Bertz CT molecular complexity index is 1390. The van der Waals surface area contributed by atoms with Gasteiger partial charge < -0.3 is 14.3 Å². The molecule has 1 aliphatic carbocycles. The molecule has 0 spiro atoms. The normalized spacial score (nSPS) is 20.1. The topological polar surface area (TPSA) is 92.3 Å². The number of rotatable bonds is 4. The number of aromatic nitrogens is 5. The first-order valence-corrected chi connectivity index (χ1v) is 12.1. The lowest BCUT2D eigenvalue weighted by molar-refractivity contribution is 0.0648. The maximum Gasteiger partial charge on any atom is 0.292 e. The van der Waals surface area contributed by atoms with E-state index in [-0.39, 0.29) is 16.9 Å². The van der Waals surface area contributed by atoms with E-state index in [0.717, 1.165) is 35.1 Å². The molecule has 170 valence electrons. The number of nitrogens with zero attached hydrogens (tertiary/aromatic N) is 5. The van der Waals surface area contributed by atoms with Crippen LogP contribution < -0.4 is 5.30 Å². The molecule has 2 aliphatic rings. The zero-order valence-corrected chi connectivity index (χ0v) is 20.3. The van der Waals surface area contributed by atoms with E-state index in [2.05, 4.69) is 33.4 Å². The number of hydrogen-bond acceptors (Lipinski definition) is 5. The van der Waals surface area contributed by atoms with Crippen LogP contribution in [0, 0.1) is 0 Å². The second-order valence-electron chi connectivity index (χ2n) is 8.98. The highest BCUT2D eigenvalue weighted by molar-refractivity contribution is 7.28. The number of fused-ring (bicyclic) bond motifs is 2. The van der Waals surface area contributed by atoms with Gasteiger partial charge in [0, 0.05) is 30.3 Å². The van der Waals surface area contributed by atoms with Gasteiger partial charge in [0.15, 0.2) is 5.91 Å². The molecule has 1 N–H and O–H groups in total. The molecule has 0 aromatic carbocycles. The third kappa shape index (κ3) is 3.32. The van der Waals surface area contributed by atoms with Crippen molar-refractivity contribution in [2.24, 2.45) is 0 Å². The van der Waals surface area contributed by atoms with E-state index in [0.29, 0.717) is 24.6 Å². The number of carbonyl (C=O) groups excluding carboxylic acids is 1. The van der Waals surface area contributed by atoms with Crippen LogP contribution in [0.2, 0.25) is 0 Å². The van der Waals surface area contributed by atoms with Crippen LogP contribution in [-0.4, -0.2) is 41.9 Å². The van der Waals surface area contributed by atoms with Crippen molar-refractivity contribution >= 4 is 35.2 Å². The van der Waals surface area contributed by atoms with Gasteiger partial charge in [-0.2, -0.15) is 5.10 Å². The Balaban J connectivity index is 1.46. The Kier molecular flexibility index (Phi) is 4.72. The van der Waals surface area contributed by atoms with Crippen molar-refractivity contribution in [3.63, 3.8) is 0 Å². The zero-order valence-electron chi connectivity index (χ0n) is 18.0. The van der Waals surface area contributed by atoms with Gasteiger partial charge >= 0.3 is 0 Å². The van der Waals surface area contributed by atoms with Crippen LogP contribution in [0.15, 0.2) is 35.1 Å². The molecule has 4 aromatic rings. The minimum absolute atomic E-state index is 0.0296. The van der Waals surface area contributed by atoms with Crippen LogP contribution in [0.1, 0.15) is 70.9 Å². The fourth-order valence-electron chi connectivity index (χ4n) is 4.45.